The van der Waals surface area contributed by atoms with E-state index in [2.05, 4.69) is 9.88 Å². The van der Waals surface area contributed by atoms with E-state index in [9.17, 15) is 4.79 Å². The van der Waals surface area contributed by atoms with Gasteiger partial charge in [0.25, 0.3) is 0 Å². The summed E-state index contributed by atoms with van der Waals surface area (Å²) in [5.41, 5.74) is 0. The van der Waals surface area contributed by atoms with Gasteiger partial charge in [0, 0.05) is 37.9 Å². The first-order valence-corrected chi connectivity index (χ1v) is 9.35. The SMILES string of the molecule is O=C(C1CCOCC1)N1CCO[C@@H]2C[C@H](COc3ccccn3)C[C@H]21. The van der Waals surface area contributed by atoms with Crippen molar-refractivity contribution < 1.29 is 19.0 Å². The maximum Gasteiger partial charge on any atom is 0.226 e. The lowest BCUT2D eigenvalue weighted by atomic mass is 9.96. The molecular formula is C19H26N2O4. The van der Waals surface area contributed by atoms with Crippen molar-refractivity contribution in [3.63, 3.8) is 0 Å². The third-order valence-corrected chi connectivity index (χ3v) is 5.59. The van der Waals surface area contributed by atoms with Gasteiger partial charge in [0.1, 0.15) is 0 Å². The van der Waals surface area contributed by atoms with Gasteiger partial charge in [-0.15, -0.1) is 0 Å². The van der Waals surface area contributed by atoms with Crippen molar-refractivity contribution in [3.8, 4) is 5.88 Å². The van der Waals surface area contributed by atoms with Crippen LogP contribution in [0.4, 0.5) is 0 Å². The minimum atomic E-state index is 0.122. The monoisotopic (exact) mass is 346 g/mol. The first kappa shape index (κ1) is 16.8. The summed E-state index contributed by atoms with van der Waals surface area (Å²) in [5.74, 6) is 1.48. The molecule has 1 aromatic rings. The molecule has 2 aliphatic heterocycles. The highest BCUT2D eigenvalue weighted by Crippen LogP contribution is 2.36. The average Bonchev–Trinajstić information content (AvgIpc) is 3.10. The largest absolute Gasteiger partial charge is 0.477 e. The van der Waals surface area contributed by atoms with E-state index in [1.807, 2.05) is 18.2 Å². The number of nitrogens with zero attached hydrogens (tertiary/aromatic N) is 2. The lowest BCUT2D eigenvalue weighted by Crippen LogP contribution is -2.53. The smallest absolute Gasteiger partial charge is 0.226 e. The van der Waals surface area contributed by atoms with E-state index in [1.165, 1.54) is 0 Å². The van der Waals surface area contributed by atoms with Gasteiger partial charge < -0.3 is 19.1 Å². The van der Waals surface area contributed by atoms with E-state index in [-0.39, 0.29) is 18.1 Å². The number of amides is 1. The van der Waals surface area contributed by atoms with E-state index >= 15 is 0 Å². The average molecular weight is 346 g/mol. The number of hydrogen-bond acceptors (Lipinski definition) is 5. The number of hydrogen-bond donors (Lipinski definition) is 0. The van der Waals surface area contributed by atoms with Crippen LogP contribution < -0.4 is 4.74 Å². The Morgan fingerprint density at radius 1 is 1.24 bits per heavy atom. The predicted octanol–water partition coefficient (Wildman–Crippen LogP) is 1.89. The number of carbonyl (C=O) groups is 1. The molecule has 1 amide bonds. The van der Waals surface area contributed by atoms with Gasteiger partial charge in [-0.1, -0.05) is 6.07 Å². The van der Waals surface area contributed by atoms with Gasteiger partial charge in [-0.2, -0.15) is 0 Å². The van der Waals surface area contributed by atoms with Crippen molar-refractivity contribution in [1.82, 2.24) is 9.88 Å². The minimum absolute atomic E-state index is 0.122. The number of morpholine rings is 1. The van der Waals surface area contributed by atoms with Crippen LogP contribution in [0.2, 0.25) is 0 Å². The molecule has 0 N–H and O–H groups in total. The van der Waals surface area contributed by atoms with Crippen molar-refractivity contribution >= 4 is 5.91 Å². The molecule has 0 radical (unpaired) electrons. The fourth-order valence-electron chi connectivity index (χ4n) is 4.27. The molecule has 3 heterocycles. The van der Waals surface area contributed by atoms with Crippen molar-refractivity contribution in [1.29, 1.82) is 0 Å². The standard InChI is InChI=1S/C19H26N2O4/c22-19(15-4-8-23-9-5-15)21-7-10-24-17-12-14(11-16(17)21)13-25-18-3-1-2-6-20-18/h1-3,6,14-17H,4-5,7-13H2/t14-,16-,17-/m1/s1. The molecule has 1 aliphatic carbocycles. The van der Waals surface area contributed by atoms with Crippen LogP contribution in [0.25, 0.3) is 0 Å². The van der Waals surface area contributed by atoms with Crippen LogP contribution in [-0.4, -0.2) is 60.9 Å². The summed E-state index contributed by atoms with van der Waals surface area (Å²) in [4.78, 5) is 19.2. The number of carbonyl (C=O) groups excluding carboxylic acids is 1. The van der Waals surface area contributed by atoms with Crippen molar-refractivity contribution in [2.45, 2.75) is 37.8 Å². The molecule has 0 spiro atoms. The van der Waals surface area contributed by atoms with Crippen LogP contribution in [0.5, 0.6) is 5.88 Å². The molecule has 4 rings (SSSR count). The summed E-state index contributed by atoms with van der Waals surface area (Å²) in [5, 5.41) is 0. The molecule has 0 bridgehead atoms. The van der Waals surface area contributed by atoms with Crippen LogP contribution in [0, 0.1) is 11.8 Å². The Morgan fingerprint density at radius 3 is 2.92 bits per heavy atom. The molecule has 136 valence electrons. The zero-order valence-electron chi connectivity index (χ0n) is 14.5. The molecule has 3 atom stereocenters. The molecule has 1 aromatic heterocycles. The zero-order chi connectivity index (χ0) is 17.1. The predicted molar refractivity (Wildman–Crippen MR) is 91.2 cm³/mol. The van der Waals surface area contributed by atoms with E-state index in [0.717, 1.165) is 25.7 Å². The number of pyridine rings is 1. The van der Waals surface area contributed by atoms with E-state index in [0.29, 0.717) is 50.7 Å². The van der Waals surface area contributed by atoms with Crippen LogP contribution in [0.3, 0.4) is 0 Å². The number of rotatable bonds is 4. The van der Waals surface area contributed by atoms with Crippen molar-refractivity contribution in [3.05, 3.63) is 24.4 Å². The zero-order valence-corrected chi connectivity index (χ0v) is 14.5. The summed E-state index contributed by atoms with van der Waals surface area (Å²) < 4.78 is 17.2. The third-order valence-electron chi connectivity index (χ3n) is 5.59. The minimum Gasteiger partial charge on any atom is -0.477 e. The van der Waals surface area contributed by atoms with Gasteiger partial charge in [0.05, 0.1) is 25.4 Å². The highest BCUT2D eigenvalue weighted by atomic mass is 16.5. The Hall–Kier alpha value is -1.66. The van der Waals surface area contributed by atoms with Gasteiger partial charge in [-0.05, 0) is 37.7 Å². The summed E-state index contributed by atoms with van der Waals surface area (Å²) >= 11 is 0. The second kappa shape index (κ2) is 7.70. The van der Waals surface area contributed by atoms with Crippen LogP contribution in [0.15, 0.2) is 24.4 Å². The number of aromatic nitrogens is 1. The third kappa shape index (κ3) is 3.80. The van der Waals surface area contributed by atoms with Crippen molar-refractivity contribution in [2.24, 2.45) is 11.8 Å². The Bertz CT molecular complexity index is 576. The highest BCUT2D eigenvalue weighted by molar-refractivity contribution is 5.79. The topological polar surface area (TPSA) is 60.9 Å². The quantitative estimate of drug-likeness (QED) is 0.833. The molecule has 3 fully saturated rings. The van der Waals surface area contributed by atoms with Gasteiger partial charge in [0.15, 0.2) is 0 Å². The summed E-state index contributed by atoms with van der Waals surface area (Å²) in [6, 6.07) is 5.87. The first-order chi connectivity index (χ1) is 12.3. The lowest BCUT2D eigenvalue weighted by molar-refractivity contribution is -0.151. The Balaban J connectivity index is 1.35. The van der Waals surface area contributed by atoms with Gasteiger partial charge >= 0.3 is 0 Å². The fraction of sp³-hybridized carbons (Fsp3) is 0.684. The Labute approximate surface area is 148 Å². The highest BCUT2D eigenvalue weighted by Gasteiger charge is 2.44. The maximum absolute atomic E-state index is 13.0. The summed E-state index contributed by atoms with van der Waals surface area (Å²) in [6.45, 7) is 3.40. The van der Waals surface area contributed by atoms with Gasteiger partial charge in [-0.3, -0.25) is 4.79 Å². The molecule has 6 nitrogen and oxygen atoms in total. The molecule has 0 unspecified atom stereocenters. The molecule has 25 heavy (non-hydrogen) atoms. The van der Waals surface area contributed by atoms with Crippen LogP contribution in [0.1, 0.15) is 25.7 Å². The molecule has 1 saturated carbocycles. The second-order valence-corrected chi connectivity index (χ2v) is 7.21. The number of ether oxygens (including phenoxy) is 3. The van der Waals surface area contributed by atoms with Crippen molar-refractivity contribution in [2.75, 3.05) is 33.0 Å². The Kier molecular flexibility index (Phi) is 5.17. The van der Waals surface area contributed by atoms with E-state index in [1.54, 1.807) is 6.20 Å². The summed E-state index contributed by atoms with van der Waals surface area (Å²) in [6.07, 6.45) is 5.48. The molecule has 3 aliphatic rings. The summed E-state index contributed by atoms with van der Waals surface area (Å²) in [7, 11) is 0. The van der Waals surface area contributed by atoms with E-state index < -0.39 is 0 Å². The normalized spacial score (nSPS) is 30.1. The Morgan fingerprint density at radius 2 is 2.12 bits per heavy atom. The van der Waals surface area contributed by atoms with Crippen LogP contribution >= 0.6 is 0 Å². The first-order valence-electron chi connectivity index (χ1n) is 9.35. The lowest BCUT2D eigenvalue weighted by Gasteiger charge is -2.40. The van der Waals surface area contributed by atoms with Crippen LogP contribution in [-0.2, 0) is 14.3 Å². The molecule has 6 heteroatoms. The van der Waals surface area contributed by atoms with Gasteiger partial charge in [-0.25, -0.2) is 4.98 Å². The fourth-order valence-corrected chi connectivity index (χ4v) is 4.27. The van der Waals surface area contributed by atoms with E-state index in [4.69, 9.17) is 14.2 Å². The molecule has 2 saturated heterocycles. The second-order valence-electron chi connectivity index (χ2n) is 7.21. The number of fused-ring (bicyclic) bond motifs is 1. The molecular weight excluding hydrogens is 320 g/mol. The maximum atomic E-state index is 13.0. The molecule has 0 aromatic carbocycles. The van der Waals surface area contributed by atoms with Gasteiger partial charge in [0.2, 0.25) is 11.8 Å².